The predicted octanol–water partition coefficient (Wildman–Crippen LogP) is 5.13. The van der Waals surface area contributed by atoms with Crippen LogP contribution in [0.15, 0.2) is 54.2 Å². The van der Waals surface area contributed by atoms with Crippen LogP contribution in [0.3, 0.4) is 0 Å². The zero-order chi connectivity index (χ0) is 20.4. The molecule has 0 saturated carbocycles. The first kappa shape index (κ1) is 19.0. The van der Waals surface area contributed by atoms with E-state index in [4.69, 9.17) is 4.74 Å². The third-order valence-corrected chi connectivity index (χ3v) is 5.38. The zero-order valence-electron chi connectivity index (χ0n) is 15.9. The monoisotopic (exact) mass is 407 g/mol. The molecule has 146 valence electrons. The van der Waals surface area contributed by atoms with Gasteiger partial charge >= 0.3 is 0 Å². The van der Waals surface area contributed by atoms with Crippen LogP contribution in [0.1, 0.15) is 11.1 Å². The quantitative estimate of drug-likeness (QED) is 0.498. The maximum Gasteiger partial charge on any atom is 0.262 e. The van der Waals surface area contributed by atoms with E-state index in [2.05, 4.69) is 15.3 Å². The Hall–Kier alpha value is -3.32. The number of ether oxygens (including phenoxy) is 1. The molecule has 2 aromatic carbocycles. The second kappa shape index (κ2) is 7.97. The fourth-order valence-electron chi connectivity index (χ4n) is 2.90. The molecular weight excluding hydrogens is 389 g/mol. The minimum absolute atomic E-state index is 0.245. The Kier molecular flexibility index (Phi) is 5.22. The van der Waals surface area contributed by atoms with Crippen LogP contribution in [0.25, 0.3) is 21.3 Å². The molecule has 0 aliphatic heterocycles. The van der Waals surface area contributed by atoms with E-state index in [1.165, 1.54) is 29.3 Å². The lowest BCUT2D eigenvalue weighted by atomic mass is 10.0. The van der Waals surface area contributed by atoms with E-state index in [1.54, 1.807) is 19.1 Å². The minimum Gasteiger partial charge on any atom is -0.467 e. The average molecular weight is 407 g/mol. The molecule has 29 heavy (non-hydrogen) atoms. The van der Waals surface area contributed by atoms with Gasteiger partial charge in [-0.2, -0.15) is 0 Å². The molecule has 0 bridgehead atoms. The highest BCUT2D eigenvalue weighted by atomic mass is 32.1. The molecule has 2 aromatic heterocycles. The summed E-state index contributed by atoms with van der Waals surface area (Å²) in [7, 11) is 0. The summed E-state index contributed by atoms with van der Waals surface area (Å²) >= 11 is 1.49. The topological polar surface area (TPSA) is 64.1 Å². The normalized spacial score (nSPS) is 10.9. The van der Waals surface area contributed by atoms with E-state index in [-0.39, 0.29) is 12.4 Å². The minimum atomic E-state index is -0.396. The molecule has 0 spiro atoms. The predicted molar refractivity (Wildman–Crippen MR) is 113 cm³/mol. The Balaban J connectivity index is 1.54. The van der Waals surface area contributed by atoms with Crippen LogP contribution >= 0.6 is 11.3 Å². The SMILES string of the molecule is Cc1ccc(-c2csc3ncnc(OCC(=O)Nc4ccc(C)c(F)c4)c23)cc1. The number of aryl methyl sites for hydroxylation is 2. The van der Waals surface area contributed by atoms with Crippen LogP contribution in [0.2, 0.25) is 0 Å². The number of amides is 1. The van der Waals surface area contributed by atoms with Gasteiger partial charge in [-0.15, -0.1) is 11.3 Å². The first-order chi connectivity index (χ1) is 14.0. The highest BCUT2D eigenvalue weighted by molar-refractivity contribution is 7.17. The number of rotatable bonds is 5. The van der Waals surface area contributed by atoms with Gasteiger partial charge in [-0.3, -0.25) is 4.79 Å². The molecule has 0 aliphatic rings. The van der Waals surface area contributed by atoms with Crippen LogP contribution in [-0.4, -0.2) is 22.5 Å². The number of benzene rings is 2. The number of nitrogens with zero attached hydrogens (tertiary/aromatic N) is 2. The lowest BCUT2D eigenvalue weighted by molar-refractivity contribution is -0.118. The smallest absolute Gasteiger partial charge is 0.262 e. The van der Waals surface area contributed by atoms with E-state index in [1.807, 2.05) is 36.6 Å². The molecule has 7 heteroatoms. The van der Waals surface area contributed by atoms with Gasteiger partial charge in [0.1, 0.15) is 17.0 Å². The maximum absolute atomic E-state index is 13.7. The molecular formula is C22H18FN3O2S. The van der Waals surface area contributed by atoms with E-state index < -0.39 is 5.91 Å². The van der Waals surface area contributed by atoms with Crippen molar-refractivity contribution in [1.29, 1.82) is 0 Å². The Morgan fingerprint density at radius 1 is 1.14 bits per heavy atom. The maximum atomic E-state index is 13.7. The summed E-state index contributed by atoms with van der Waals surface area (Å²) in [5, 5.41) is 5.41. The van der Waals surface area contributed by atoms with Crippen molar-refractivity contribution < 1.29 is 13.9 Å². The molecule has 0 unspecified atom stereocenters. The van der Waals surface area contributed by atoms with Crippen molar-refractivity contribution in [3.05, 3.63) is 71.1 Å². The summed E-state index contributed by atoms with van der Waals surface area (Å²) in [6, 6.07) is 12.7. The molecule has 5 nitrogen and oxygen atoms in total. The number of carbonyl (C=O) groups is 1. The van der Waals surface area contributed by atoms with E-state index in [0.717, 1.165) is 21.3 Å². The molecule has 1 N–H and O–H groups in total. The third kappa shape index (κ3) is 4.09. The Bertz CT molecular complexity index is 1190. The summed E-state index contributed by atoms with van der Waals surface area (Å²) in [4.78, 5) is 21.6. The van der Waals surface area contributed by atoms with Crippen LogP contribution < -0.4 is 10.1 Å². The number of nitrogens with one attached hydrogen (secondary N) is 1. The number of hydrogen-bond donors (Lipinski definition) is 1. The number of thiophene rings is 1. The van der Waals surface area contributed by atoms with Crippen molar-refractivity contribution in [3.8, 4) is 17.0 Å². The first-order valence-electron chi connectivity index (χ1n) is 8.99. The lowest BCUT2D eigenvalue weighted by Gasteiger charge is -2.09. The van der Waals surface area contributed by atoms with Gasteiger partial charge in [0.25, 0.3) is 5.91 Å². The average Bonchev–Trinajstić information content (AvgIpc) is 3.15. The van der Waals surface area contributed by atoms with Crippen LogP contribution in [0, 0.1) is 19.7 Å². The highest BCUT2D eigenvalue weighted by Crippen LogP contribution is 2.37. The van der Waals surface area contributed by atoms with Gasteiger partial charge in [-0.05, 0) is 37.1 Å². The zero-order valence-corrected chi connectivity index (χ0v) is 16.7. The summed E-state index contributed by atoms with van der Waals surface area (Å²) in [5.74, 6) is -0.425. The van der Waals surface area contributed by atoms with Gasteiger partial charge in [-0.25, -0.2) is 14.4 Å². The van der Waals surface area contributed by atoms with Gasteiger partial charge in [0.2, 0.25) is 5.88 Å². The molecule has 4 aromatic rings. The van der Waals surface area contributed by atoms with Crippen LogP contribution in [0.5, 0.6) is 5.88 Å². The lowest BCUT2D eigenvalue weighted by Crippen LogP contribution is -2.20. The van der Waals surface area contributed by atoms with Crippen LogP contribution in [-0.2, 0) is 4.79 Å². The number of anilines is 1. The molecule has 0 radical (unpaired) electrons. The highest BCUT2D eigenvalue weighted by Gasteiger charge is 2.15. The van der Waals surface area contributed by atoms with Crippen molar-refractivity contribution in [2.45, 2.75) is 13.8 Å². The number of halogens is 1. The van der Waals surface area contributed by atoms with Gasteiger partial charge in [-0.1, -0.05) is 35.9 Å². The Morgan fingerprint density at radius 3 is 2.69 bits per heavy atom. The van der Waals surface area contributed by atoms with E-state index in [9.17, 15) is 9.18 Å². The second-order valence-corrected chi connectivity index (χ2v) is 7.53. The second-order valence-electron chi connectivity index (χ2n) is 6.68. The summed E-state index contributed by atoms with van der Waals surface area (Å²) in [5.41, 5.74) is 4.06. The van der Waals surface area contributed by atoms with Crippen molar-refractivity contribution >= 4 is 33.1 Å². The van der Waals surface area contributed by atoms with E-state index >= 15 is 0 Å². The van der Waals surface area contributed by atoms with Gasteiger partial charge in [0.05, 0.1) is 5.39 Å². The van der Waals surface area contributed by atoms with Gasteiger partial charge in [0, 0.05) is 16.6 Å². The number of aromatic nitrogens is 2. The van der Waals surface area contributed by atoms with Crippen molar-refractivity contribution in [1.82, 2.24) is 9.97 Å². The third-order valence-electron chi connectivity index (χ3n) is 4.49. The Morgan fingerprint density at radius 2 is 1.93 bits per heavy atom. The van der Waals surface area contributed by atoms with Crippen molar-refractivity contribution in [2.24, 2.45) is 0 Å². The Labute approximate surface area is 171 Å². The van der Waals surface area contributed by atoms with Crippen molar-refractivity contribution in [3.63, 3.8) is 0 Å². The molecule has 0 atom stereocenters. The summed E-state index contributed by atoms with van der Waals surface area (Å²) in [6.45, 7) is 3.45. The van der Waals surface area contributed by atoms with Gasteiger partial charge in [0.15, 0.2) is 6.61 Å². The van der Waals surface area contributed by atoms with Crippen molar-refractivity contribution in [2.75, 3.05) is 11.9 Å². The molecule has 0 fully saturated rings. The summed E-state index contributed by atoms with van der Waals surface area (Å²) < 4.78 is 19.4. The fraction of sp³-hybridized carbons (Fsp3) is 0.136. The molecule has 0 aliphatic carbocycles. The fourth-order valence-corrected chi connectivity index (χ4v) is 3.81. The molecule has 0 saturated heterocycles. The molecule has 1 amide bonds. The standard InChI is InChI=1S/C22H18FN3O2S/c1-13-3-6-15(7-4-13)17-11-29-22-20(17)21(24-12-25-22)28-10-19(27)26-16-8-5-14(2)18(23)9-16/h3-9,11-12H,10H2,1-2H3,(H,26,27). The van der Waals surface area contributed by atoms with E-state index in [0.29, 0.717) is 17.1 Å². The first-order valence-corrected chi connectivity index (χ1v) is 9.87. The largest absolute Gasteiger partial charge is 0.467 e. The van der Waals surface area contributed by atoms with Gasteiger partial charge < -0.3 is 10.1 Å². The van der Waals surface area contributed by atoms with Crippen LogP contribution in [0.4, 0.5) is 10.1 Å². The summed E-state index contributed by atoms with van der Waals surface area (Å²) in [6.07, 6.45) is 1.42. The number of carbonyl (C=O) groups excluding carboxylic acids is 1. The number of fused-ring (bicyclic) bond motifs is 1. The molecule has 4 rings (SSSR count). The molecule has 2 heterocycles. The number of hydrogen-bond acceptors (Lipinski definition) is 5.